The van der Waals surface area contributed by atoms with Crippen molar-refractivity contribution in [3.63, 3.8) is 0 Å². The number of rotatable bonds is 6. The van der Waals surface area contributed by atoms with Crippen LogP contribution >= 0.6 is 0 Å². The summed E-state index contributed by atoms with van der Waals surface area (Å²) in [5.41, 5.74) is 0.967. The first-order chi connectivity index (χ1) is 14.9. The van der Waals surface area contributed by atoms with Crippen molar-refractivity contribution in [1.82, 2.24) is 14.7 Å². The number of ether oxygens (including phenoxy) is 1. The van der Waals surface area contributed by atoms with E-state index in [-0.39, 0.29) is 29.7 Å². The van der Waals surface area contributed by atoms with Crippen LogP contribution in [0.2, 0.25) is 0 Å². The third-order valence-corrected chi connectivity index (χ3v) is 4.40. The smallest absolute Gasteiger partial charge is 0.274 e. The number of nitrogens with one attached hydrogen (secondary N) is 1. The second-order valence-electron chi connectivity index (χ2n) is 6.47. The Labute approximate surface area is 174 Å². The molecular formula is C21H15F3N4O3. The van der Waals surface area contributed by atoms with Gasteiger partial charge in [0.2, 0.25) is 11.7 Å². The predicted molar refractivity (Wildman–Crippen MR) is 105 cm³/mol. The molecule has 0 saturated heterocycles. The zero-order chi connectivity index (χ0) is 22.0. The Morgan fingerprint density at radius 1 is 1.10 bits per heavy atom. The first-order valence-corrected chi connectivity index (χ1v) is 9.02. The minimum absolute atomic E-state index is 0.0911. The summed E-state index contributed by atoms with van der Waals surface area (Å²) in [6.45, 7) is -0.143. The highest BCUT2D eigenvalue weighted by Crippen LogP contribution is 2.26. The van der Waals surface area contributed by atoms with E-state index in [9.17, 15) is 18.0 Å². The fourth-order valence-corrected chi connectivity index (χ4v) is 2.93. The minimum atomic E-state index is -1.06. The van der Waals surface area contributed by atoms with Crippen LogP contribution in [0.3, 0.4) is 0 Å². The molecule has 1 N–H and O–H groups in total. The first-order valence-electron chi connectivity index (χ1n) is 9.02. The molecule has 2 heterocycles. The summed E-state index contributed by atoms with van der Waals surface area (Å²) in [6.07, 6.45) is 1.62. The van der Waals surface area contributed by atoms with E-state index in [0.29, 0.717) is 11.3 Å². The molecule has 2 aromatic heterocycles. The zero-order valence-electron chi connectivity index (χ0n) is 16.1. The molecule has 0 spiro atoms. The predicted octanol–water partition coefficient (Wildman–Crippen LogP) is 4.27. The van der Waals surface area contributed by atoms with E-state index >= 15 is 0 Å². The van der Waals surface area contributed by atoms with Crippen LogP contribution in [0, 0.1) is 17.5 Å². The monoisotopic (exact) mass is 428 g/mol. The number of halogens is 3. The molecule has 4 rings (SSSR count). The SMILES string of the molecule is COc1ccc(-c2noc(-c3cccn3CC(=O)Nc3ccc(F)c(F)c3)n2)cc1F. The standard InChI is InChI=1S/C21H15F3N4O3/c1-30-18-7-4-12(9-16(18)24)20-26-21(31-27-20)17-3-2-8-28(17)11-19(29)25-13-5-6-14(22)15(23)10-13/h2-10H,11H2,1H3,(H,25,29). The lowest BCUT2D eigenvalue weighted by atomic mass is 10.2. The van der Waals surface area contributed by atoms with Gasteiger partial charge >= 0.3 is 0 Å². The van der Waals surface area contributed by atoms with Crippen molar-refractivity contribution < 1.29 is 27.2 Å². The number of hydrogen-bond acceptors (Lipinski definition) is 5. The summed E-state index contributed by atoms with van der Waals surface area (Å²) in [7, 11) is 1.36. The molecule has 0 unspecified atom stereocenters. The number of hydrogen-bond donors (Lipinski definition) is 1. The van der Waals surface area contributed by atoms with Gasteiger partial charge in [0.25, 0.3) is 5.89 Å². The molecule has 0 saturated carbocycles. The largest absolute Gasteiger partial charge is 0.494 e. The molecule has 10 heteroatoms. The molecule has 158 valence electrons. The number of amides is 1. The Kier molecular flexibility index (Phi) is 5.44. The molecule has 1 amide bonds. The number of carbonyl (C=O) groups excluding carboxylic acids is 1. The molecule has 0 aliphatic carbocycles. The van der Waals surface area contributed by atoms with Gasteiger partial charge in [0, 0.05) is 23.5 Å². The lowest BCUT2D eigenvalue weighted by molar-refractivity contribution is -0.116. The average Bonchev–Trinajstić information content (AvgIpc) is 3.40. The molecule has 0 atom stereocenters. The molecule has 0 radical (unpaired) electrons. The van der Waals surface area contributed by atoms with Crippen LogP contribution in [0.25, 0.3) is 23.0 Å². The fourth-order valence-electron chi connectivity index (χ4n) is 2.93. The van der Waals surface area contributed by atoms with Crippen LogP contribution in [0.5, 0.6) is 5.75 Å². The number of methoxy groups -OCH3 is 1. The molecule has 0 fully saturated rings. The van der Waals surface area contributed by atoms with E-state index in [1.807, 2.05) is 0 Å². The van der Waals surface area contributed by atoms with Crippen molar-refractivity contribution >= 4 is 11.6 Å². The second kappa shape index (κ2) is 8.34. The summed E-state index contributed by atoms with van der Waals surface area (Å²) in [5.74, 6) is -2.73. The average molecular weight is 428 g/mol. The fraction of sp³-hybridized carbons (Fsp3) is 0.0952. The minimum Gasteiger partial charge on any atom is -0.494 e. The Morgan fingerprint density at radius 3 is 2.68 bits per heavy atom. The van der Waals surface area contributed by atoms with Gasteiger partial charge in [-0.1, -0.05) is 5.16 Å². The molecule has 0 bridgehead atoms. The highest BCUT2D eigenvalue weighted by Gasteiger charge is 2.17. The van der Waals surface area contributed by atoms with Gasteiger partial charge in [-0.25, -0.2) is 13.2 Å². The molecule has 31 heavy (non-hydrogen) atoms. The van der Waals surface area contributed by atoms with Crippen LogP contribution in [-0.4, -0.2) is 27.7 Å². The van der Waals surface area contributed by atoms with Crippen LogP contribution < -0.4 is 10.1 Å². The maximum atomic E-state index is 13.9. The molecule has 0 aliphatic heterocycles. The Balaban J connectivity index is 1.51. The summed E-state index contributed by atoms with van der Waals surface area (Å²) in [5, 5.41) is 6.35. The summed E-state index contributed by atoms with van der Waals surface area (Å²) in [6, 6.07) is 10.7. The van der Waals surface area contributed by atoms with Gasteiger partial charge in [0.15, 0.2) is 23.2 Å². The summed E-state index contributed by atoms with van der Waals surface area (Å²) >= 11 is 0. The number of benzene rings is 2. The Hall–Kier alpha value is -4.08. The number of nitrogens with zero attached hydrogens (tertiary/aromatic N) is 3. The maximum Gasteiger partial charge on any atom is 0.274 e. The van der Waals surface area contributed by atoms with E-state index in [1.54, 1.807) is 29.0 Å². The highest BCUT2D eigenvalue weighted by atomic mass is 19.2. The number of carbonyl (C=O) groups is 1. The van der Waals surface area contributed by atoms with Gasteiger partial charge in [-0.15, -0.1) is 0 Å². The van der Waals surface area contributed by atoms with E-state index in [4.69, 9.17) is 9.26 Å². The quantitative estimate of drug-likeness (QED) is 0.496. The molecule has 0 aliphatic rings. The lowest BCUT2D eigenvalue weighted by Gasteiger charge is -2.08. The maximum absolute atomic E-state index is 13.9. The van der Waals surface area contributed by atoms with Crippen molar-refractivity contribution in [2.24, 2.45) is 0 Å². The second-order valence-corrected chi connectivity index (χ2v) is 6.47. The van der Waals surface area contributed by atoms with Crippen LogP contribution in [0.15, 0.2) is 59.3 Å². The first kappa shape index (κ1) is 20.2. The normalized spacial score (nSPS) is 10.8. The Bertz CT molecular complexity index is 1250. The van der Waals surface area contributed by atoms with Gasteiger partial charge in [-0.2, -0.15) is 4.98 Å². The summed E-state index contributed by atoms with van der Waals surface area (Å²) in [4.78, 5) is 16.6. The van der Waals surface area contributed by atoms with E-state index in [0.717, 1.165) is 12.1 Å². The molecular weight excluding hydrogens is 413 g/mol. The number of aromatic nitrogens is 3. The molecule has 2 aromatic carbocycles. The lowest BCUT2D eigenvalue weighted by Crippen LogP contribution is -2.19. The summed E-state index contributed by atoms with van der Waals surface area (Å²) < 4.78 is 52.0. The zero-order valence-corrected chi connectivity index (χ0v) is 16.1. The Morgan fingerprint density at radius 2 is 1.94 bits per heavy atom. The van der Waals surface area contributed by atoms with Gasteiger partial charge in [0.05, 0.1) is 7.11 Å². The van der Waals surface area contributed by atoms with Gasteiger partial charge < -0.3 is 19.1 Å². The van der Waals surface area contributed by atoms with E-state index in [2.05, 4.69) is 15.5 Å². The topological polar surface area (TPSA) is 82.2 Å². The third-order valence-electron chi connectivity index (χ3n) is 4.40. The highest BCUT2D eigenvalue weighted by molar-refractivity contribution is 5.90. The third kappa shape index (κ3) is 4.27. The van der Waals surface area contributed by atoms with Crippen LogP contribution in [0.4, 0.5) is 18.9 Å². The van der Waals surface area contributed by atoms with Crippen LogP contribution in [0.1, 0.15) is 0 Å². The molecule has 4 aromatic rings. The van der Waals surface area contributed by atoms with E-state index < -0.39 is 23.4 Å². The van der Waals surface area contributed by atoms with Gasteiger partial charge in [-0.3, -0.25) is 4.79 Å². The van der Waals surface area contributed by atoms with Gasteiger partial charge in [-0.05, 0) is 42.5 Å². The molecule has 7 nitrogen and oxygen atoms in total. The van der Waals surface area contributed by atoms with Crippen molar-refractivity contribution in [2.45, 2.75) is 6.54 Å². The van der Waals surface area contributed by atoms with Gasteiger partial charge in [0.1, 0.15) is 12.2 Å². The van der Waals surface area contributed by atoms with Crippen molar-refractivity contribution in [3.8, 4) is 28.7 Å². The van der Waals surface area contributed by atoms with Crippen LogP contribution in [-0.2, 0) is 11.3 Å². The van der Waals surface area contributed by atoms with Crippen molar-refractivity contribution in [1.29, 1.82) is 0 Å². The van der Waals surface area contributed by atoms with E-state index in [1.165, 1.54) is 25.3 Å². The van der Waals surface area contributed by atoms with Crippen molar-refractivity contribution in [3.05, 3.63) is 72.2 Å². The number of anilines is 1. The van der Waals surface area contributed by atoms with Crippen molar-refractivity contribution in [2.75, 3.05) is 12.4 Å².